The number of piperidine rings is 1. The highest BCUT2D eigenvalue weighted by molar-refractivity contribution is 7.92. The molecule has 1 aliphatic rings. The molecule has 1 saturated heterocycles. The van der Waals surface area contributed by atoms with E-state index >= 15 is 0 Å². The number of nitrogens with zero attached hydrogens (tertiary/aromatic N) is 5. The summed E-state index contributed by atoms with van der Waals surface area (Å²) in [6.07, 6.45) is 2.65. The van der Waals surface area contributed by atoms with Crippen LogP contribution in [-0.2, 0) is 26.9 Å². The lowest BCUT2D eigenvalue weighted by molar-refractivity contribution is -0.131. The van der Waals surface area contributed by atoms with E-state index in [1.807, 2.05) is 6.92 Å². The van der Waals surface area contributed by atoms with E-state index in [-0.39, 0.29) is 11.7 Å². The molecule has 23 heavy (non-hydrogen) atoms. The number of carbonyl (C=O) groups excluding carboxylic acids is 1. The largest absolute Gasteiger partial charge is 0.342 e. The smallest absolute Gasteiger partial charge is 0.240 e. The van der Waals surface area contributed by atoms with Crippen LogP contribution in [0.15, 0.2) is 0 Å². The van der Waals surface area contributed by atoms with Crippen LogP contribution in [0.3, 0.4) is 0 Å². The molecule has 1 fully saturated rings. The van der Waals surface area contributed by atoms with E-state index in [1.165, 1.54) is 11.6 Å². The molecule has 8 nitrogen and oxygen atoms in total. The van der Waals surface area contributed by atoms with Crippen molar-refractivity contribution in [2.24, 2.45) is 5.92 Å². The van der Waals surface area contributed by atoms with Gasteiger partial charge in [-0.2, -0.15) is 0 Å². The molecule has 1 aromatic rings. The normalized spacial score (nSPS) is 18.1. The minimum absolute atomic E-state index is 0.291. The van der Waals surface area contributed by atoms with Crippen molar-refractivity contribution >= 4 is 15.7 Å². The predicted molar refractivity (Wildman–Crippen MR) is 85.2 cm³/mol. The van der Waals surface area contributed by atoms with Gasteiger partial charge in [-0.05, 0) is 42.5 Å². The van der Waals surface area contributed by atoms with Crippen LogP contribution in [0.4, 0.5) is 0 Å². The molecule has 9 heteroatoms. The Labute approximate surface area is 137 Å². The van der Waals surface area contributed by atoms with Gasteiger partial charge in [-0.25, -0.2) is 13.1 Å². The lowest BCUT2D eigenvalue weighted by Gasteiger charge is -2.32. The van der Waals surface area contributed by atoms with Crippen molar-refractivity contribution in [2.45, 2.75) is 57.6 Å². The van der Waals surface area contributed by atoms with Gasteiger partial charge in [-0.3, -0.25) is 4.79 Å². The molecule has 0 spiro atoms. The molecule has 0 aromatic carbocycles. The van der Waals surface area contributed by atoms with E-state index in [0.29, 0.717) is 31.4 Å². The maximum atomic E-state index is 12.5. The number of hydrogen-bond donors (Lipinski definition) is 0. The molecule has 1 atom stereocenters. The summed E-state index contributed by atoms with van der Waals surface area (Å²) in [5, 5.41) is 10.0. The zero-order valence-corrected chi connectivity index (χ0v) is 14.8. The van der Waals surface area contributed by atoms with Crippen LogP contribution >= 0.6 is 0 Å². The fourth-order valence-corrected chi connectivity index (χ4v) is 3.93. The molecule has 0 N–H and O–H groups in total. The number of sulfone groups is 1. The molecule has 1 aliphatic heterocycles. The number of aryl methyl sites for hydroxylation is 1. The lowest BCUT2D eigenvalue weighted by atomic mass is 9.99. The molecule has 2 heterocycles. The Hall–Kier alpha value is -1.51. The van der Waals surface area contributed by atoms with Gasteiger partial charge >= 0.3 is 0 Å². The Bertz CT molecular complexity index is 635. The average Bonchev–Trinajstić information content (AvgIpc) is 2.93. The molecule has 1 unspecified atom stereocenters. The van der Waals surface area contributed by atoms with Crippen LogP contribution in [0, 0.1) is 5.92 Å². The Morgan fingerprint density at radius 2 is 2.00 bits per heavy atom. The molecule has 1 aromatic heterocycles. The summed E-state index contributed by atoms with van der Waals surface area (Å²) < 4.78 is 26.6. The molecule has 0 aliphatic carbocycles. The second-order valence-electron chi connectivity index (χ2n) is 6.28. The van der Waals surface area contributed by atoms with Gasteiger partial charge in [0.15, 0.2) is 15.7 Å². The van der Waals surface area contributed by atoms with Gasteiger partial charge in [-0.1, -0.05) is 13.8 Å². The maximum absolute atomic E-state index is 12.5. The fourth-order valence-electron chi connectivity index (χ4n) is 2.66. The van der Waals surface area contributed by atoms with E-state index in [4.69, 9.17) is 0 Å². The van der Waals surface area contributed by atoms with Gasteiger partial charge in [0.05, 0.1) is 0 Å². The van der Waals surface area contributed by atoms with Gasteiger partial charge in [-0.15, -0.1) is 5.10 Å². The van der Waals surface area contributed by atoms with Crippen LogP contribution < -0.4 is 0 Å². The van der Waals surface area contributed by atoms with Crippen molar-refractivity contribution in [3.63, 3.8) is 0 Å². The van der Waals surface area contributed by atoms with E-state index in [2.05, 4.69) is 22.4 Å². The van der Waals surface area contributed by atoms with Crippen LogP contribution in [0.5, 0.6) is 0 Å². The summed E-state index contributed by atoms with van der Waals surface area (Å²) in [5.41, 5.74) is 0. The molecule has 0 radical (unpaired) electrons. The molecule has 0 saturated carbocycles. The highest BCUT2D eigenvalue weighted by atomic mass is 32.2. The molecule has 130 valence electrons. The molecule has 2 rings (SSSR count). The minimum Gasteiger partial charge on any atom is -0.342 e. The van der Waals surface area contributed by atoms with Gasteiger partial charge in [0, 0.05) is 19.6 Å². The van der Waals surface area contributed by atoms with Crippen LogP contribution in [0.25, 0.3) is 0 Å². The third-order valence-corrected chi connectivity index (χ3v) is 6.29. The summed E-state index contributed by atoms with van der Waals surface area (Å²) in [5.74, 6) is 0.256. The fraction of sp³-hybridized carbons (Fsp3) is 0.857. The summed E-state index contributed by atoms with van der Waals surface area (Å²) in [4.78, 5) is 14.1. The Morgan fingerprint density at radius 1 is 1.35 bits per heavy atom. The Morgan fingerprint density at radius 3 is 2.61 bits per heavy atom. The number of hydrogen-bond acceptors (Lipinski definition) is 6. The van der Waals surface area contributed by atoms with Crippen LogP contribution in [0.1, 0.15) is 45.9 Å². The number of rotatable bonds is 6. The number of aromatic nitrogens is 4. The number of tetrazole rings is 1. The number of likely N-dealkylation sites (tertiary alicyclic amines) is 1. The van der Waals surface area contributed by atoms with Crippen molar-refractivity contribution in [1.82, 2.24) is 25.1 Å². The second-order valence-corrected chi connectivity index (χ2v) is 8.60. The first-order valence-electron chi connectivity index (χ1n) is 8.10. The standard InChI is InChI=1S/C14H25N5O3S/c1-4-7-19-13(15-16-17-19)10-23(21,22)12(3)14(20)18-8-5-11(2)6-9-18/h11-12H,4-10H2,1-3H3. The lowest BCUT2D eigenvalue weighted by Crippen LogP contribution is -2.45. The maximum Gasteiger partial charge on any atom is 0.240 e. The van der Waals surface area contributed by atoms with Crippen molar-refractivity contribution < 1.29 is 13.2 Å². The number of amides is 1. The second kappa shape index (κ2) is 7.37. The van der Waals surface area contributed by atoms with Crippen LogP contribution in [-0.4, -0.2) is 57.8 Å². The van der Waals surface area contributed by atoms with Crippen molar-refractivity contribution in [2.75, 3.05) is 13.1 Å². The predicted octanol–water partition coefficient (Wildman–Crippen LogP) is 0.645. The third-order valence-electron chi connectivity index (χ3n) is 4.35. The van der Waals surface area contributed by atoms with Gasteiger partial charge < -0.3 is 4.90 Å². The monoisotopic (exact) mass is 343 g/mol. The van der Waals surface area contributed by atoms with Crippen molar-refractivity contribution in [3.8, 4) is 0 Å². The van der Waals surface area contributed by atoms with E-state index in [0.717, 1.165) is 19.3 Å². The first-order chi connectivity index (χ1) is 10.8. The Kier molecular flexibility index (Phi) is 5.72. The zero-order valence-electron chi connectivity index (χ0n) is 14.0. The quantitative estimate of drug-likeness (QED) is 0.752. The first kappa shape index (κ1) is 17.8. The molecular weight excluding hydrogens is 318 g/mol. The average molecular weight is 343 g/mol. The molecular formula is C14H25N5O3S. The third kappa shape index (κ3) is 4.27. The topological polar surface area (TPSA) is 98.0 Å². The van der Waals surface area contributed by atoms with E-state index < -0.39 is 15.1 Å². The number of carbonyl (C=O) groups is 1. The summed E-state index contributed by atoms with van der Waals surface area (Å²) in [6.45, 7) is 7.40. The van der Waals surface area contributed by atoms with E-state index in [1.54, 1.807) is 4.90 Å². The van der Waals surface area contributed by atoms with Gasteiger partial charge in [0.1, 0.15) is 11.0 Å². The summed E-state index contributed by atoms with van der Waals surface area (Å²) in [6, 6.07) is 0. The van der Waals surface area contributed by atoms with Gasteiger partial charge in [0.2, 0.25) is 5.91 Å². The Balaban J connectivity index is 2.06. The highest BCUT2D eigenvalue weighted by Gasteiger charge is 2.34. The SMILES string of the molecule is CCCn1nnnc1CS(=O)(=O)C(C)C(=O)N1CCC(C)CC1. The summed E-state index contributed by atoms with van der Waals surface area (Å²) in [7, 11) is -3.64. The van der Waals surface area contributed by atoms with E-state index in [9.17, 15) is 13.2 Å². The van der Waals surface area contributed by atoms with Gasteiger partial charge in [0.25, 0.3) is 0 Å². The van der Waals surface area contributed by atoms with Crippen molar-refractivity contribution in [1.29, 1.82) is 0 Å². The first-order valence-corrected chi connectivity index (χ1v) is 9.82. The zero-order chi connectivity index (χ0) is 17.0. The summed E-state index contributed by atoms with van der Waals surface area (Å²) >= 11 is 0. The van der Waals surface area contributed by atoms with Crippen LogP contribution in [0.2, 0.25) is 0 Å². The highest BCUT2D eigenvalue weighted by Crippen LogP contribution is 2.19. The molecule has 0 bridgehead atoms. The van der Waals surface area contributed by atoms with Crippen molar-refractivity contribution in [3.05, 3.63) is 5.82 Å². The molecule has 1 amide bonds. The minimum atomic E-state index is -3.64.